The highest BCUT2D eigenvalue weighted by atomic mass is 35.5. The van der Waals surface area contributed by atoms with E-state index in [1.54, 1.807) is 18.2 Å². The van der Waals surface area contributed by atoms with Gasteiger partial charge in [-0.1, -0.05) is 58.7 Å². The molecule has 1 saturated heterocycles. The minimum Gasteiger partial charge on any atom is -0.356 e. The molecule has 1 fully saturated rings. The van der Waals surface area contributed by atoms with E-state index in [1.807, 2.05) is 18.2 Å². The van der Waals surface area contributed by atoms with Crippen molar-refractivity contribution < 1.29 is 9.32 Å². The van der Waals surface area contributed by atoms with Crippen LogP contribution in [-0.2, 0) is 17.8 Å². The quantitative estimate of drug-likeness (QED) is 0.466. The highest BCUT2D eigenvalue weighted by Crippen LogP contribution is 2.28. The summed E-state index contributed by atoms with van der Waals surface area (Å²) in [5.74, 6) is 1.05. The molecule has 4 rings (SSSR count). The molecule has 0 spiro atoms. The SMILES string of the molecule is O=C(NCCCc1ccccc1)C1CCCN(Cc2nc(-c3ccc(Cl)cc3Cl)no2)C1. The van der Waals surface area contributed by atoms with Crippen LogP contribution < -0.4 is 5.32 Å². The largest absolute Gasteiger partial charge is 0.356 e. The number of rotatable bonds is 8. The Morgan fingerprint density at radius 3 is 2.84 bits per heavy atom. The molecule has 0 bridgehead atoms. The molecular weight excluding hydrogens is 447 g/mol. The standard InChI is InChI=1S/C24H26Cl2N4O2/c25-19-10-11-20(21(26)14-19)23-28-22(32-29-23)16-30-13-5-9-18(15-30)24(31)27-12-4-8-17-6-2-1-3-7-17/h1-3,6-7,10-11,14,18H,4-5,8-9,12-13,15-16H2,(H,27,31). The number of amides is 1. The van der Waals surface area contributed by atoms with Crippen LogP contribution >= 0.6 is 23.2 Å². The maximum Gasteiger partial charge on any atom is 0.241 e. The molecule has 8 heteroatoms. The summed E-state index contributed by atoms with van der Waals surface area (Å²) in [4.78, 5) is 19.3. The fraction of sp³-hybridized carbons (Fsp3) is 0.375. The number of carbonyl (C=O) groups is 1. The number of hydrogen-bond acceptors (Lipinski definition) is 5. The fourth-order valence-corrected chi connectivity index (χ4v) is 4.49. The molecule has 168 valence electrons. The van der Waals surface area contributed by atoms with Crippen LogP contribution in [0.5, 0.6) is 0 Å². The van der Waals surface area contributed by atoms with Crippen molar-refractivity contribution in [3.8, 4) is 11.4 Å². The third-order valence-electron chi connectivity index (χ3n) is 5.66. The molecule has 1 aliphatic heterocycles. The van der Waals surface area contributed by atoms with Gasteiger partial charge in [0.05, 0.1) is 17.5 Å². The van der Waals surface area contributed by atoms with E-state index in [0.717, 1.165) is 32.2 Å². The van der Waals surface area contributed by atoms with Crippen molar-refractivity contribution >= 4 is 29.1 Å². The second-order valence-electron chi connectivity index (χ2n) is 8.09. The van der Waals surface area contributed by atoms with Crippen LogP contribution in [0.3, 0.4) is 0 Å². The number of benzene rings is 2. The van der Waals surface area contributed by atoms with Gasteiger partial charge in [-0.05, 0) is 56.0 Å². The summed E-state index contributed by atoms with van der Waals surface area (Å²) >= 11 is 12.2. The highest BCUT2D eigenvalue weighted by Gasteiger charge is 2.26. The number of hydrogen-bond donors (Lipinski definition) is 1. The third kappa shape index (κ3) is 6.09. The van der Waals surface area contributed by atoms with E-state index >= 15 is 0 Å². The molecule has 6 nitrogen and oxygen atoms in total. The zero-order chi connectivity index (χ0) is 22.3. The Hall–Kier alpha value is -2.41. The van der Waals surface area contributed by atoms with Gasteiger partial charge in [0.2, 0.25) is 17.6 Å². The van der Waals surface area contributed by atoms with Crippen molar-refractivity contribution in [3.05, 3.63) is 70.0 Å². The number of aryl methyl sites for hydroxylation is 1. The van der Waals surface area contributed by atoms with Gasteiger partial charge in [-0.3, -0.25) is 9.69 Å². The van der Waals surface area contributed by atoms with Crippen molar-refractivity contribution in [2.75, 3.05) is 19.6 Å². The van der Waals surface area contributed by atoms with E-state index in [9.17, 15) is 4.79 Å². The van der Waals surface area contributed by atoms with Crippen LogP contribution in [0, 0.1) is 5.92 Å². The Kier molecular flexibility index (Phi) is 7.79. The second-order valence-corrected chi connectivity index (χ2v) is 8.93. The molecule has 1 aliphatic rings. The Labute approximate surface area is 197 Å². The van der Waals surface area contributed by atoms with Gasteiger partial charge >= 0.3 is 0 Å². The Balaban J connectivity index is 1.26. The summed E-state index contributed by atoms with van der Waals surface area (Å²) in [6, 6.07) is 15.5. The first-order valence-corrected chi connectivity index (χ1v) is 11.7. The maximum atomic E-state index is 12.6. The molecular formula is C24H26Cl2N4O2. The monoisotopic (exact) mass is 472 g/mol. The van der Waals surface area contributed by atoms with Crippen LogP contribution in [0.25, 0.3) is 11.4 Å². The van der Waals surface area contributed by atoms with Crippen LogP contribution in [-0.4, -0.2) is 40.6 Å². The van der Waals surface area contributed by atoms with Crippen LogP contribution in [0.4, 0.5) is 0 Å². The van der Waals surface area contributed by atoms with E-state index in [2.05, 4.69) is 32.5 Å². The van der Waals surface area contributed by atoms with Crippen molar-refractivity contribution in [1.29, 1.82) is 0 Å². The predicted octanol–water partition coefficient (Wildman–Crippen LogP) is 5.00. The Morgan fingerprint density at radius 2 is 2.03 bits per heavy atom. The lowest BCUT2D eigenvalue weighted by Gasteiger charge is -2.30. The molecule has 0 saturated carbocycles. The number of aromatic nitrogens is 2. The number of piperidine rings is 1. The molecule has 0 aliphatic carbocycles. The molecule has 32 heavy (non-hydrogen) atoms. The minimum absolute atomic E-state index is 0.0198. The summed E-state index contributed by atoms with van der Waals surface area (Å²) in [5, 5.41) is 8.19. The van der Waals surface area contributed by atoms with Crippen LogP contribution in [0.1, 0.15) is 30.7 Å². The molecule has 1 N–H and O–H groups in total. The summed E-state index contributed by atoms with van der Waals surface area (Å²) in [5.41, 5.74) is 1.97. The average molecular weight is 473 g/mol. The zero-order valence-corrected chi connectivity index (χ0v) is 19.3. The topological polar surface area (TPSA) is 71.3 Å². The van der Waals surface area contributed by atoms with Crippen molar-refractivity contribution in [2.24, 2.45) is 5.92 Å². The van der Waals surface area contributed by atoms with Gasteiger partial charge in [-0.15, -0.1) is 0 Å². The summed E-state index contributed by atoms with van der Waals surface area (Å²) < 4.78 is 5.43. The molecule has 1 amide bonds. The Bertz CT molecular complexity index is 1040. The van der Waals surface area contributed by atoms with Gasteiger partial charge in [0, 0.05) is 23.7 Å². The first kappa shape index (κ1) is 22.8. The third-order valence-corrected chi connectivity index (χ3v) is 6.21. The average Bonchev–Trinajstić information content (AvgIpc) is 3.25. The number of nitrogens with one attached hydrogen (secondary N) is 1. The summed E-state index contributed by atoms with van der Waals surface area (Å²) in [7, 11) is 0. The normalized spacial score (nSPS) is 16.8. The first-order chi connectivity index (χ1) is 15.6. The number of halogens is 2. The van der Waals surface area contributed by atoms with Gasteiger partial charge in [-0.2, -0.15) is 4.98 Å². The van der Waals surface area contributed by atoms with Crippen molar-refractivity contribution in [2.45, 2.75) is 32.2 Å². The first-order valence-electron chi connectivity index (χ1n) is 10.9. The van der Waals surface area contributed by atoms with E-state index in [0.29, 0.717) is 47.0 Å². The number of carbonyl (C=O) groups excluding carboxylic acids is 1. The molecule has 2 heterocycles. The van der Waals surface area contributed by atoms with Crippen LogP contribution in [0.15, 0.2) is 53.1 Å². The Morgan fingerprint density at radius 1 is 1.19 bits per heavy atom. The maximum absolute atomic E-state index is 12.6. The van der Waals surface area contributed by atoms with E-state index in [-0.39, 0.29) is 11.8 Å². The smallest absolute Gasteiger partial charge is 0.241 e. The van der Waals surface area contributed by atoms with Crippen molar-refractivity contribution in [1.82, 2.24) is 20.4 Å². The summed E-state index contributed by atoms with van der Waals surface area (Å²) in [6.07, 6.45) is 3.77. The van der Waals surface area contributed by atoms with Gasteiger partial charge < -0.3 is 9.84 Å². The highest BCUT2D eigenvalue weighted by molar-refractivity contribution is 6.36. The number of nitrogens with zero attached hydrogens (tertiary/aromatic N) is 3. The van der Waals surface area contributed by atoms with Gasteiger partial charge in [-0.25, -0.2) is 0 Å². The molecule has 3 aromatic rings. The minimum atomic E-state index is -0.0198. The fourth-order valence-electron chi connectivity index (χ4n) is 4.00. The lowest BCUT2D eigenvalue weighted by atomic mass is 9.97. The summed E-state index contributed by atoms with van der Waals surface area (Å²) in [6.45, 7) is 2.79. The number of likely N-dealkylation sites (tertiary alicyclic amines) is 1. The van der Waals surface area contributed by atoms with E-state index < -0.39 is 0 Å². The van der Waals surface area contributed by atoms with Gasteiger partial charge in [0.1, 0.15) is 0 Å². The van der Waals surface area contributed by atoms with E-state index in [4.69, 9.17) is 27.7 Å². The molecule has 2 aromatic carbocycles. The van der Waals surface area contributed by atoms with Crippen LogP contribution in [0.2, 0.25) is 10.0 Å². The second kappa shape index (κ2) is 10.9. The van der Waals surface area contributed by atoms with Gasteiger partial charge in [0.15, 0.2) is 0 Å². The molecule has 1 aromatic heterocycles. The zero-order valence-electron chi connectivity index (χ0n) is 17.8. The van der Waals surface area contributed by atoms with Crippen molar-refractivity contribution in [3.63, 3.8) is 0 Å². The molecule has 1 atom stereocenters. The predicted molar refractivity (Wildman–Crippen MR) is 126 cm³/mol. The lowest BCUT2D eigenvalue weighted by molar-refractivity contribution is -0.126. The van der Waals surface area contributed by atoms with E-state index in [1.165, 1.54) is 5.56 Å². The lowest BCUT2D eigenvalue weighted by Crippen LogP contribution is -2.43. The van der Waals surface area contributed by atoms with Gasteiger partial charge in [0.25, 0.3) is 0 Å². The molecule has 0 radical (unpaired) electrons. The molecule has 1 unspecified atom stereocenters.